The van der Waals surface area contributed by atoms with Crippen LogP contribution in [-0.2, 0) is 0 Å². The van der Waals surface area contributed by atoms with E-state index in [0.29, 0.717) is 10.3 Å². The summed E-state index contributed by atoms with van der Waals surface area (Å²) in [5.41, 5.74) is 0.0117. The van der Waals surface area contributed by atoms with Crippen molar-refractivity contribution < 1.29 is 12.1 Å². The predicted molar refractivity (Wildman–Crippen MR) is 58.4 cm³/mol. The van der Waals surface area contributed by atoms with Crippen LogP contribution in [0.1, 0.15) is 56.0 Å². The molecular weight excluding hydrogens is 190 g/mol. The summed E-state index contributed by atoms with van der Waals surface area (Å²) in [6, 6.07) is 2.73. The molecule has 3 nitrogen and oxygen atoms in total. The van der Waals surface area contributed by atoms with Crippen molar-refractivity contribution >= 4 is 0 Å². The Morgan fingerprint density at radius 3 is 2.73 bits per heavy atom. The van der Waals surface area contributed by atoms with Gasteiger partial charge >= 0.3 is 0 Å². The molecule has 1 saturated carbocycles. The molecule has 1 heterocycles. The van der Waals surface area contributed by atoms with Crippen LogP contribution in [-0.4, -0.2) is 9.94 Å². The van der Waals surface area contributed by atoms with Crippen molar-refractivity contribution in [1.82, 2.24) is 4.73 Å². The van der Waals surface area contributed by atoms with Crippen LogP contribution in [0.5, 0.6) is 0 Å². The number of pyridine rings is 1. The maximum absolute atomic E-state index is 11.6. The molecule has 0 amide bonds. The molecule has 4 atom stereocenters. The van der Waals surface area contributed by atoms with Crippen LogP contribution in [0, 0.1) is 6.92 Å². The van der Waals surface area contributed by atoms with Crippen LogP contribution in [0.2, 0.25) is 0 Å². The fourth-order valence-electron chi connectivity index (χ4n) is 1.65. The Morgan fingerprint density at radius 1 is 1.40 bits per heavy atom. The lowest BCUT2D eigenvalue weighted by Crippen LogP contribution is -2.23. The summed E-state index contributed by atoms with van der Waals surface area (Å²) in [5.74, 6) is -0.931. The molecule has 4 unspecified atom stereocenters. The number of rotatable bonds is 1. The van der Waals surface area contributed by atoms with Gasteiger partial charge in [-0.15, -0.1) is 0 Å². The number of hydrogen-bond donors (Lipinski definition) is 1. The first-order valence-corrected chi connectivity index (χ1v) is 4.79. The van der Waals surface area contributed by atoms with Gasteiger partial charge in [0.25, 0.3) is 5.56 Å². The number of aromatic nitrogens is 1. The second kappa shape index (κ2) is 4.09. The summed E-state index contributed by atoms with van der Waals surface area (Å²) in [6.45, 7) is 1.66. The van der Waals surface area contributed by atoms with E-state index in [2.05, 4.69) is 0 Å². The molecular formula is C12H17NO2. The van der Waals surface area contributed by atoms with Gasteiger partial charge in [0.05, 0.1) is 5.69 Å². The number of nitrogens with zero attached hydrogens (tertiary/aromatic N) is 1. The van der Waals surface area contributed by atoms with Crippen molar-refractivity contribution in [2.75, 3.05) is 0 Å². The van der Waals surface area contributed by atoms with Crippen LogP contribution in [0.3, 0.4) is 0 Å². The van der Waals surface area contributed by atoms with Crippen molar-refractivity contribution in [2.45, 2.75) is 44.8 Å². The molecule has 82 valence electrons. The normalized spacial score (nSPS) is 50.9. The molecule has 0 spiro atoms. The number of aryl methyl sites for hydroxylation is 1. The van der Waals surface area contributed by atoms with E-state index < -0.39 is 43.5 Å². The Balaban J connectivity index is 2.53. The van der Waals surface area contributed by atoms with Gasteiger partial charge in [0.2, 0.25) is 0 Å². The SMILES string of the molecule is [2H]C1C([2H])C([2H])C(c2cc(C)cc(=O)n2O)C([2H])C1[2H]. The van der Waals surface area contributed by atoms with E-state index in [1.807, 2.05) is 0 Å². The lowest BCUT2D eigenvalue weighted by Gasteiger charge is -2.22. The van der Waals surface area contributed by atoms with Gasteiger partial charge in [0, 0.05) is 18.8 Å². The van der Waals surface area contributed by atoms with E-state index in [1.165, 1.54) is 12.1 Å². The molecule has 1 N–H and O–H groups in total. The van der Waals surface area contributed by atoms with E-state index in [4.69, 9.17) is 6.85 Å². The zero-order valence-corrected chi connectivity index (χ0v) is 8.42. The Bertz CT molecular complexity index is 547. The Hall–Kier alpha value is -1.25. The van der Waals surface area contributed by atoms with Crippen molar-refractivity contribution in [2.24, 2.45) is 0 Å². The minimum Gasteiger partial charge on any atom is -0.425 e. The van der Waals surface area contributed by atoms with Gasteiger partial charge in [0.15, 0.2) is 0 Å². The molecule has 1 fully saturated rings. The lowest BCUT2D eigenvalue weighted by atomic mass is 9.86. The molecule has 1 aliphatic carbocycles. The van der Waals surface area contributed by atoms with Gasteiger partial charge in [0.1, 0.15) is 0 Å². The first kappa shape index (κ1) is 5.73. The molecule has 2 rings (SSSR count). The molecule has 0 bridgehead atoms. The standard InChI is InChI=1S/C12H17NO2/c1-9-7-11(13(15)12(14)8-9)10-5-3-2-4-6-10/h7-8,10,15H,2-6H2,1H3/i2D,3D,4D,5D,6D. The molecule has 0 saturated heterocycles. The molecule has 0 aromatic carbocycles. The summed E-state index contributed by atoms with van der Waals surface area (Å²) < 4.78 is 39.8. The average molecular weight is 212 g/mol. The molecule has 0 aliphatic heterocycles. The average Bonchev–Trinajstić information content (AvgIpc) is 2.39. The van der Waals surface area contributed by atoms with Gasteiger partial charge in [-0.05, 0) is 31.3 Å². The summed E-state index contributed by atoms with van der Waals surface area (Å²) in [7, 11) is 0. The van der Waals surface area contributed by atoms with Crippen LogP contribution >= 0.6 is 0 Å². The highest BCUT2D eigenvalue weighted by Gasteiger charge is 2.19. The monoisotopic (exact) mass is 212 g/mol. The van der Waals surface area contributed by atoms with E-state index in [9.17, 15) is 10.0 Å². The first-order chi connectivity index (χ1) is 9.25. The molecule has 0 radical (unpaired) electrons. The van der Waals surface area contributed by atoms with Gasteiger partial charge in [-0.2, -0.15) is 4.73 Å². The highest BCUT2D eigenvalue weighted by atomic mass is 16.5. The summed E-state index contributed by atoms with van der Waals surface area (Å²) in [6.07, 6.45) is -5.65. The quantitative estimate of drug-likeness (QED) is 0.726. The van der Waals surface area contributed by atoms with Gasteiger partial charge < -0.3 is 5.21 Å². The van der Waals surface area contributed by atoms with Crippen LogP contribution in [0.15, 0.2) is 16.9 Å². The van der Waals surface area contributed by atoms with Gasteiger partial charge in [-0.25, -0.2) is 0 Å². The second-order valence-corrected chi connectivity index (χ2v) is 3.60. The lowest BCUT2D eigenvalue weighted by molar-refractivity contribution is 0.156. The van der Waals surface area contributed by atoms with Crippen LogP contribution in [0.4, 0.5) is 0 Å². The first-order valence-electron chi connectivity index (χ1n) is 7.68. The summed E-state index contributed by atoms with van der Waals surface area (Å²) in [5, 5.41) is 9.82. The minimum atomic E-state index is -1.14. The van der Waals surface area contributed by atoms with E-state index in [1.54, 1.807) is 6.92 Å². The van der Waals surface area contributed by atoms with Gasteiger partial charge in [-0.3, -0.25) is 4.79 Å². The van der Waals surface area contributed by atoms with Gasteiger partial charge in [-0.1, -0.05) is 19.2 Å². The highest BCUT2D eigenvalue weighted by molar-refractivity contribution is 5.19. The zero-order valence-electron chi connectivity index (χ0n) is 13.4. The Morgan fingerprint density at radius 2 is 2.07 bits per heavy atom. The molecule has 3 heteroatoms. The zero-order chi connectivity index (χ0) is 15.2. The van der Waals surface area contributed by atoms with E-state index in [0.717, 1.165) is 0 Å². The summed E-state index contributed by atoms with van der Waals surface area (Å²) in [4.78, 5) is 11.6. The predicted octanol–water partition coefficient (Wildman–Crippen LogP) is 2.44. The van der Waals surface area contributed by atoms with Crippen LogP contribution in [0.25, 0.3) is 0 Å². The Kier molecular flexibility index (Phi) is 1.56. The third-order valence-electron chi connectivity index (χ3n) is 2.38. The van der Waals surface area contributed by atoms with Crippen molar-refractivity contribution in [1.29, 1.82) is 0 Å². The van der Waals surface area contributed by atoms with Crippen LogP contribution < -0.4 is 5.56 Å². The van der Waals surface area contributed by atoms with Crippen molar-refractivity contribution in [3.05, 3.63) is 33.7 Å². The third-order valence-corrected chi connectivity index (χ3v) is 2.38. The number of hydrogen-bond acceptors (Lipinski definition) is 2. The Labute approximate surface area is 96.3 Å². The summed E-state index contributed by atoms with van der Waals surface area (Å²) >= 11 is 0. The van der Waals surface area contributed by atoms with Crippen molar-refractivity contribution in [3.63, 3.8) is 0 Å². The fourth-order valence-corrected chi connectivity index (χ4v) is 1.65. The topological polar surface area (TPSA) is 42.2 Å². The van der Waals surface area contributed by atoms with E-state index in [-0.39, 0.29) is 5.69 Å². The largest absolute Gasteiger partial charge is 0.425 e. The maximum atomic E-state index is 11.6. The minimum absolute atomic E-state index is 0.0800. The maximum Gasteiger partial charge on any atom is 0.283 e. The second-order valence-electron chi connectivity index (χ2n) is 3.60. The molecule has 1 aliphatic rings. The smallest absolute Gasteiger partial charge is 0.283 e. The van der Waals surface area contributed by atoms with E-state index >= 15 is 0 Å². The highest BCUT2D eigenvalue weighted by Crippen LogP contribution is 2.31. The van der Waals surface area contributed by atoms with Crippen molar-refractivity contribution in [3.8, 4) is 0 Å². The molecule has 15 heavy (non-hydrogen) atoms. The molecule has 1 aromatic rings. The fraction of sp³-hybridized carbons (Fsp3) is 0.583. The third kappa shape index (κ3) is 2.06. The molecule has 1 aromatic heterocycles.